The lowest BCUT2D eigenvalue weighted by Crippen LogP contribution is -2.34. The van der Waals surface area contributed by atoms with Crippen LogP contribution in [0.3, 0.4) is 0 Å². The molecule has 0 radical (unpaired) electrons. The van der Waals surface area contributed by atoms with Crippen molar-refractivity contribution < 1.29 is 9.53 Å². The molecule has 0 spiro atoms. The molecule has 0 aliphatic carbocycles. The molecule has 1 aliphatic rings. The van der Waals surface area contributed by atoms with Crippen LogP contribution in [0, 0.1) is 11.3 Å². The van der Waals surface area contributed by atoms with Gasteiger partial charge in [0.1, 0.15) is 17.2 Å². The van der Waals surface area contributed by atoms with Crippen LogP contribution in [0.1, 0.15) is 42.1 Å². The van der Waals surface area contributed by atoms with Crippen LogP contribution >= 0.6 is 0 Å². The maximum atomic E-state index is 12.7. The Balaban J connectivity index is 2.00. The number of pyridine rings is 2. The number of nitrogens with zero attached hydrogens (tertiary/aromatic N) is 3. The van der Waals surface area contributed by atoms with E-state index >= 15 is 0 Å². The number of piperidine rings is 1. The molecule has 7 heteroatoms. The molecule has 1 N–H and O–H groups in total. The Morgan fingerprint density at radius 1 is 1.30 bits per heavy atom. The number of fused-ring (bicyclic) bond motifs is 1. The number of hydrogen-bond donors (Lipinski definition) is 1. The molecule has 0 bridgehead atoms. The first-order valence-electron chi connectivity index (χ1n) is 9.38. The maximum absolute atomic E-state index is 12.7. The predicted octanol–water partition coefficient (Wildman–Crippen LogP) is 2.25. The molecular weight excluding hydrogens is 344 g/mol. The van der Waals surface area contributed by atoms with E-state index < -0.39 is 11.5 Å². The highest BCUT2D eigenvalue weighted by Crippen LogP contribution is 2.24. The minimum atomic E-state index is -0.543. The number of aromatic nitrogens is 1. The molecule has 27 heavy (non-hydrogen) atoms. The summed E-state index contributed by atoms with van der Waals surface area (Å²) >= 11 is 0. The minimum Gasteiger partial charge on any atom is -0.462 e. The summed E-state index contributed by atoms with van der Waals surface area (Å²) in [5.74, 6) is -0.543. The molecule has 0 saturated carbocycles. The van der Waals surface area contributed by atoms with Crippen molar-refractivity contribution in [3.63, 3.8) is 0 Å². The van der Waals surface area contributed by atoms with Gasteiger partial charge >= 0.3 is 5.97 Å². The zero-order valence-corrected chi connectivity index (χ0v) is 15.5. The standard InChI is InChI=1S/C20H24N4O3/c1-2-27-20(26)17-16-8-4-7-12-24(16)19(25)15(14-21)18(17)22-9-13-23-10-5-3-6-11-23/h4,7-8,12,22H,2-3,5-6,9-11,13H2,1H3. The van der Waals surface area contributed by atoms with Gasteiger partial charge in [0.2, 0.25) is 0 Å². The third kappa shape index (κ3) is 3.96. The van der Waals surface area contributed by atoms with E-state index in [4.69, 9.17) is 4.74 Å². The quantitative estimate of drug-likeness (QED) is 0.787. The zero-order chi connectivity index (χ0) is 19.2. The fraction of sp³-hybridized carbons (Fsp3) is 0.450. The third-order valence-corrected chi connectivity index (χ3v) is 4.82. The normalized spacial score (nSPS) is 14.7. The van der Waals surface area contributed by atoms with Crippen LogP contribution in [0.2, 0.25) is 0 Å². The monoisotopic (exact) mass is 368 g/mol. The molecule has 7 nitrogen and oxygen atoms in total. The van der Waals surface area contributed by atoms with Crippen LogP contribution < -0.4 is 10.9 Å². The van der Waals surface area contributed by atoms with Gasteiger partial charge in [0.15, 0.2) is 0 Å². The van der Waals surface area contributed by atoms with Crippen LogP contribution in [0.25, 0.3) is 5.52 Å². The maximum Gasteiger partial charge on any atom is 0.342 e. The average molecular weight is 368 g/mol. The Morgan fingerprint density at radius 2 is 2.07 bits per heavy atom. The summed E-state index contributed by atoms with van der Waals surface area (Å²) in [7, 11) is 0. The number of esters is 1. The molecule has 1 aliphatic heterocycles. The van der Waals surface area contributed by atoms with E-state index in [1.165, 1.54) is 23.7 Å². The summed E-state index contributed by atoms with van der Waals surface area (Å²) in [6, 6.07) is 7.09. The second-order valence-corrected chi connectivity index (χ2v) is 6.55. The van der Waals surface area contributed by atoms with Gasteiger partial charge in [-0.2, -0.15) is 5.26 Å². The number of nitriles is 1. The molecule has 1 saturated heterocycles. The molecule has 0 atom stereocenters. The number of rotatable bonds is 6. The molecular formula is C20H24N4O3. The lowest BCUT2D eigenvalue weighted by Gasteiger charge is -2.26. The second-order valence-electron chi connectivity index (χ2n) is 6.55. The number of anilines is 1. The Bertz CT molecular complexity index is 923. The van der Waals surface area contributed by atoms with Gasteiger partial charge in [0, 0.05) is 19.3 Å². The van der Waals surface area contributed by atoms with Crippen LogP contribution in [0.15, 0.2) is 29.2 Å². The van der Waals surface area contributed by atoms with Crippen molar-refractivity contribution in [3.8, 4) is 6.07 Å². The molecule has 1 fully saturated rings. The largest absolute Gasteiger partial charge is 0.462 e. The molecule has 3 rings (SSSR count). The fourth-order valence-corrected chi connectivity index (χ4v) is 3.52. The van der Waals surface area contributed by atoms with E-state index in [-0.39, 0.29) is 23.4 Å². The lowest BCUT2D eigenvalue weighted by molar-refractivity contribution is 0.0529. The van der Waals surface area contributed by atoms with E-state index in [9.17, 15) is 14.9 Å². The van der Waals surface area contributed by atoms with Crippen molar-refractivity contribution in [2.45, 2.75) is 26.2 Å². The van der Waals surface area contributed by atoms with Gasteiger partial charge in [0.05, 0.1) is 17.8 Å². The van der Waals surface area contributed by atoms with Gasteiger partial charge < -0.3 is 15.0 Å². The predicted molar refractivity (Wildman–Crippen MR) is 103 cm³/mol. The Hall–Kier alpha value is -2.85. The topological polar surface area (TPSA) is 86.8 Å². The van der Waals surface area contributed by atoms with Crippen molar-refractivity contribution >= 4 is 17.2 Å². The van der Waals surface area contributed by atoms with Gasteiger partial charge in [-0.3, -0.25) is 9.20 Å². The molecule has 0 amide bonds. The van der Waals surface area contributed by atoms with E-state index in [0.717, 1.165) is 19.6 Å². The van der Waals surface area contributed by atoms with Gasteiger partial charge in [-0.15, -0.1) is 0 Å². The smallest absolute Gasteiger partial charge is 0.342 e. The van der Waals surface area contributed by atoms with Gasteiger partial charge in [-0.25, -0.2) is 4.79 Å². The Morgan fingerprint density at radius 3 is 2.78 bits per heavy atom. The second kappa shape index (κ2) is 8.69. The van der Waals surface area contributed by atoms with E-state index in [1.54, 1.807) is 31.3 Å². The minimum absolute atomic E-state index is 0.0691. The van der Waals surface area contributed by atoms with Crippen molar-refractivity contribution in [2.75, 3.05) is 38.1 Å². The Labute approximate surface area is 158 Å². The van der Waals surface area contributed by atoms with E-state index in [1.807, 2.05) is 6.07 Å². The SMILES string of the molecule is CCOC(=O)c1c(NCCN2CCCCC2)c(C#N)c(=O)n2ccccc12. The van der Waals surface area contributed by atoms with Gasteiger partial charge in [0.25, 0.3) is 5.56 Å². The van der Waals surface area contributed by atoms with Crippen molar-refractivity contribution in [1.29, 1.82) is 5.26 Å². The van der Waals surface area contributed by atoms with Crippen molar-refractivity contribution in [1.82, 2.24) is 9.30 Å². The molecule has 2 aromatic rings. The van der Waals surface area contributed by atoms with Crippen LogP contribution in [-0.4, -0.2) is 48.1 Å². The first-order valence-corrected chi connectivity index (χ1v) is 9.38. The molecule has 3 heterocycles. The Kier molecular flexibility index (Phi) is 6.09. The fourth-order valence-electron chi connectivity index (χ4n) is 3.52. The number of likely N-dealkylation sites (tertiary alicyclic amines) is 1. The average Bonchev–Trinajstić information content (AvgIpc) is 2.69. The molecule has 2 aromatic heterocycles. The van der Waals surface area contributed by atoms with Gasteiger partial charge in [-0.1, -0.05) is 12.5 Å². The van der Waals surface area contributed by atoms with E-state index in [2.05, 4.69) is 10.2 Å². The zero-order valence-electron chi connectivity index (χ0n) is 15.5. The highest BCUT2D eigenvalue weighted by Gasteiger charge is 2.24. The van der Waals surface area contributed by atoms with E-state index in [0.29, 0.717) is 12.1 Å². The summed E-state index contributed by atoms with van der Waals surface area (Å²) < 4.78 is 6.52. The summed E-state index contributed by atoms with van der Waals surface area (Å²) in [4.78, 5) is 27.7. The van der Waals surface area contributed by atoms with Crippen LogP contribution in [0.4, 0.5) is 5.69 Å². The third-order valence-electron chi connectivity index (χ3n) is 4.82. The first-order chi connectivity index (χ1) is 13.2. The first kappa shape index (κ1) is 18.9. The molecule has 0 unspecified atom stereocenters. The number of hydrogen-bond acceptors (Lipinski definition) is 6. The summed E-state index contributed by atoms with van der Waals surface area (Å²) in [5.41, 5.74) is 0.416. The highest BCUT2D eigenvalue weighted by molar-refractivity contribution is 6.04. The number of nitrogens with one attached hydrogen (secondary N) is 1. The number of ether oxygens (including phenoxy) is 1. The molecule has 0 aromatic carbocycles. The molecule has 142 valence electrons. The van der Waals surface area contributed by atoms with Gasteiger partial charge in [-0.05, 0) is 45.0 Å². The number of carbonyl (C=O) groups is 1. The summed E-state index contributed by atoms with van der Waals surface area (Å²) in [6.45, 7) is 5.39. The van der Waals surface area contributed by atoms with Crippen LogP contribution in [0.5, 0.6) is 0 Å². The summed E-state index contributed by atoms with van der Waals surface area (Å²) in [5, 5.41) is 12.8. The van der Waals surface area contributed by atoms with Crippen LogP contribution in [-0.2, 0) is 4.74 Å². The highest BCUT2D eigenvalue weighted by atomic mass is 16.5. The summed E-state index contributed by atoms with van der Waals surface area (Å²) in [6.07, 6.45) is 5.19. The lowest BCUT2D eigenvalue weighted by atomic mass is 10.1. The number of carbonyl (C=O) groups excluding carboxylic acids is 1. The van der Waals surface area contributed by atoms with Crippen molar-refractivity contribution in [3.05, 3.63) is 45.9 Å². The van der Waals surface area contributed by atoms with Crippen molar-refractivity contribution in [2.24, 2.45) is 0 Å².